The summed E-state index contributed by atoms with van der Waals surface area (Å²) >= 11 is 5.89. The molecule has 5 nitrogen and oxygen atoms in total. The Kier molecular flexibility index (Phi) is 6.31. The van der Waals surface area contributed by atoms with E-state index in [2.05, 4.69) is 10.6 Å². The fourth-order valence-corrected chi connectivity index (χ4v) is 1.94. The average Bonchev–Trinajstić information content (AvgIpc) is 2.35. The average molecular weight is 299 g/mol. The minimum atomic E-state index is -0.869. The van der Waals surface area contributed by atoms with Crippen LogP contribution in [0.3, 0.4) is 0 Å². The number of benzene rings is 1. The Morgan fingerprint density at radius 1 is 1.35 bits per heavy atom. The summed E-state index contributed by atoms with van der Waals surface area (Å²) in [6, 6.07) is 6.76. The van der Waals surface area contributed by atoms with Crippen molar-refractivity contribution in [2.45, 2.75) is 26.3 Å². The van der Waals surface area contributed by atoms with E-state index in [1.807, 2.05) is 19.1 Å². The number of hydrogen-bond donors (Lipinski definition) is 3. The van der Waals surface area contributed by atoms with Crippen LogP contribution in [-0.4, -0.2) is 23.7 Å². The van der Waals surface area contributed by atoms with Gasteiger partial charge in [-0.15, -0.1) is 0 Å². The SMILES string of the molecule is CC(CNC(=O)NC(C)c1cccc(Cl)c1)CC(=O)O. The second kappa shape index (κ2) is 7.75. The molecule has 2 amide bonds. The van der Waals surface area contributed by atoms with Gasteiger partial charge < -0.3 is 15.7 Å². The van der Waals surface area contributed by atoms with Crippen molar-refractivity contribution in [3.8, 4) is 0 Å². The van der Waals surface area contributed by atoms with Crippen molar-refractivity contribution in [3.05, 3.63) is 34.9 Å². The first-order valence-electron chi connectivity index (χ1n) is 6.40. The molecule has 2 unspecified atom stereocenters. The number of hydrogen-bond acceptors (Lipinski definition) is 2. The van der Waals surface area contributed by atoms with Crippen LogP contribution >= 0.6 is 11.6 Å². The minimum Gasteiger partial charge on any atom is -0.481 e. The number of carboxylic acid groups (broad SMARTS) is 1. The first kappa shape index (κ1) is 16.3. The maximum absolute atomic E-state index is 11.7. The van der Waals surface area contributed by atoms with Crippen LogP contribution in [0, 0.1) is 5.92 Å². The van der Waals surface area contributed by atoms with Crippen LogP contribution in [0.4, 0.5) is 4.79 Å². The van der Waals surface area contributed by atoms with Crippen LogP contribution in [0.2, 0.25) is 5.02 Å². The number of nitrogens with one attached hydrogen (secondary N) is 2. The highest BCUT2D eigenvalue weighted by atomic mass is 35.5. The molecule has 110 valence electrons. The molecule has 0 spiro atoms. The van der Waals surface area contributed by atoms with Crippen LogP contribution in [0.5, 0.6) is 0 Å². The molecule has 20 heavy (non-hydrogen) atoms. The van der Waals surface area contributed by atoms with Crippen LogP contribution in [0.25, 0.3) is 0 Å². The zero-order valence-corrected chi connectivity index (χ0v) is 12.3. The van der Waals surface area contributed by atoms with Gasteiger partial charge >= 0.3 is 12.0 Å². The summed E-state index contributed by atoms with van der Waals surface area (Å²) in [6.45, 7) is 3.95. The lowest BCUT2D eigenvalue weighted by Gasteiger charge is -2.16. The maximum atomic E-state index is 11.7. The first-order chi connectivity index (χ1) is 9.38. The van der Waals surface area contributed by atoms with Crippen LogP contribution < -0.4 is 10.6 Å². The molecule has 1 rings (SSSR count). The Morgan fingerprint density at radius 3 is 2.65 bits per heavy atom. The molecule has 1 aromatic carbocycles. The molecular weight excluding hydrogens is 280 g/mol. The minimum absolute atomic E-state index is 0.0319. The number of carbonyl (C=O) groups excluding carboxylic acids is 1. The number of aliphatic carboxylic acids is 1. The van der Waals surface area contributed by atoms with Crippen molar-refractivity contribution in [2.24, 2.45) is 5.92 Å². The van der Waals surface area contributed by atoms with Gasteiger partial charge in [0, 0.05) is 18.0 Å². The third-order valence-electron chi connectivity index (χ3n) is 2.83. The van der Waals surface area contributed by atoms with Crippen LogP contribution in [0.1, 0.15) is 31.9 Å². The van der Waals surface area contributed by atoms with Gasteiger partial charge in [-0.05, 0) is 30.5 Å². The Bertz CT molecular complexity index is 479. The van der Waals surface area contributed by atoms with Crippen molar-refractivity contribution in [2.75, 3.05) is 6.54 Å². The molecular formula is C14H19ClN2O3. The van der Waals surface area contributed by atoms with Crippen molar-refractivity contribution in [3.63, 3.8) is 0 Å². The van der Waals surface area contributed by atoms with E-state index < -0.39 is 5.97 Å². The van der Waals surface area contributed by atoms with E-state index in [1.54, 1.807) is 19.1 Å². The van der Waals surface area contributed by atoms with Crippen molar-refractivity contribution in [1.82, 2.24) is 10.6 Å². The van der Waals surface area contributed by atoms with Gasteiger partial charge in [-0.3, -0.25) is 4.79 Å². The highest BCUT2D eigenvalue weighted by Crippen LogP contribution is 2.17. The number of carbonyl (C=O) groups is 2. The monoisotopic (exact) mass is 298 g/mol. The van der Waals surface area contributed by atoms with Crippen LogP contribution in [0.15, 0.2) is 24.3 Å². The normalized spacial score (nSPS) is 13.3. The molecule has 0 fully saturated rings. The third kappa shape index (κ3) is 5.93. The highest BCUT2D eigenvalue weighted by Gasteiger charge is 2.12. The summed E-state index contributed by atoms with van der Waals surface area (Å²) in [4.78, 5) is 22.2. The van der Waals surface area contributed by atoms with Gasteiger partial charge in [-0.2, -0.15) is 0 Å². The van der Waals surface area contributed by atoms with Crippen molar-refractivity contribution in [1.29, 1.82) is 0 Å². The van der Waals surface area contributed by atoms with Gasteiger partial charge in [0.05, 0.1) is 6.04 Å². The molecule has 0 aromatic heterocycles. The Labute approximate surface area is 123 Å². The second-order valence-corrected chi connectivity index (χ2v) is 5.27. The summed E-state index contributed by atoms with van der Waals surface area (Å²) in [6.07, 6.45) is 0.0319. The molecule has 0 radical (unpaired) electrons. The van der Waals surface area contributed by atoms with E-state index in [-0.39, 0.29) is 24.4 Å². The molecule has 6 heteroatoms. The van der Waals surface area contributed by atoms with Gasteiger partial charge in [0.25, 0.3) is 0 Å². The predicted molar refractivity (Wildman–Crippen MR) is 77.8 cm³/mol. The summed E-state index contributed by atoms with van der Waals surface area (Å²) in [7, 11) is 0. The van der Waals surface area contributed by atoms with Gasteiger partial charge in [0.1, 0.15) is 0 Å². The van der Waals surface area contributed by atoms with E-state index in [9.17, 15) is 9.59 Å². The molecule has 0 aliphatic rings. The molecule has 0 bridgehead atoms. The maximum Gasteiger partial charge on any atom is 0.315 e. The molecule has 1 aromatic rings. The lowest BCUT2D eigenvalue weighted by molar-refractivity contribution is -0.137. The largest absolute Gasteiger partial charge is 0.481 e. The summed E-state index contributed by atoms with van der Waals surface area (Å²) < 4.78 is 0. The van der Waals surface area contributed by atoms with Crippen LogP contribution in [-0.2, 0) is 4.79 Å². The predicted octanol–water partition coefficient (Wildman–Crippen LogP) is 2.81. The van der Waals surface area contributed by atoms with E-state index in [1.165, 1.54) is 0 Å². The fraction of sp³-hybridized carbons (Fsp3) is 0.429. The molecule has 2 atom stereocenters. The highest BCUT2D eigenvalue weighted by molar-refractivity contribution is 6.30. The zero-order valence-electron chi connectivity index (χ0n) is 11.5. The number of rotatable bonds is 6. The van der Waals surface area contributed by atoms with E-state index in [4.69, 9.17) is 16.7 Å². The molecule has 0 saturated heterocycles. The number of urea groups is 1. The lowest BCUT2D eigenvalue weighted by atomic mass is 10.1. The summed E-state index contributed by atoms with van der Waals surface area (Å²) in [5.41, 5.74) is 0.909. The first-order valence-corrected chi connectivity index (χ1v) is 6.78. The molecule has 0 aliphatic carbocycles. The van der Waals surface area contributed by atoms with E-state index in [0.717, 1.165) is 5.56 Å². The topological polar surface area (TPSA) is 78.4 Å². The second-order valence-electron chi connectivity index (χ2n) is 4.83. The molecule has 0 heterocycles. The van der Waals surface area contributed by atoms with Gasteiger partial charge in [-0.25, -0.2) is 4.79 Å². The molecule has 3 N–H and O–H groups in total. The summed E-state index contributed by atoms with van der Waals surface area (Å²) in [5.74, 6) is -0.980. The zero-order chi connectivity index (χ0) is 15.1. The number of amides is 2. The Morgan fingerprint density at radius 2 is 2.05 bits per heavy atom. The summed E-state index contributed by atoms with van der Waals surface area (Å²) in [5, 5.41) is 14.7. The number of carboxylic acids is 1. The van der Waals surface area contributed by atoms with Gasteiger partial charge in [0.15, 0.2) is 0 Å². The van der Waals surface area contributed by atoms with E-state index in [0.29, 0.717) is 11.6 Å². The van der Waals surface area contributed by atoms with Gasteiger partial charge in [0.2, 0.25) is 0 Å². The molecule has 0 saturated carbocycles. The molecule has 0 aliphatic heterocycles. The Hall–Kier alpha value is -1.75. The standard InChI is InChI=1S/C14H19ClN2O3/c1-9(6-13(18)19)8-16-14(20)17-10(2)11-4-3-5-12(15)7-11/h3-5,7,9-10H,6,8H2,1-2H3,(H,18,19)(H2,16,17,20). The van der Waals surface area contributed by atoms with Crippen molar-refractivity contribution >= 4 is 23.6 Å². The number of halogens is 1. The third-order valence-corrected chi connectivity index (χ3v) is 3.07. The Balaban J connectivity index is 2.40. The fourth-order valence-electron chi connectivity index (χ4n) is 1.74. The lowest BCUT2D eigenvalue weighted by Crippen LogP contribution is -2.39. The smallest absolute Gasteiger partial charge is 0.315 e. The van der Waals surface area contributed by atoms with Gasteiger partial charge in [-0.1, -0.05) is 30.7 Å². The van der Waals surface area contributed by atoms with Crippen molar-refractivity contribution < 1.29 is 14.7 Å². The van der Waals surface area contributed by atoms with E-state index >= 15 is 0 Å². The quantitative estimate of drug-likeness (QED) is 0.755.